The first-order valence-electron chi connectivity index (χ1n) is 5.17. The summed E-state index contributed by atoms with van der Waals surface area (Å²) < 4.78 is 26.1. The van der Waals surface area contributed by atoms with Gasteiger partial charge in [-0.15, -0.1) is 0 Å². The second-order valence-electron chi connectivity index (χ2n) is 4.49. The summed E-state index contributed by atoms with van der Waals surface area (Å²) in [5.41, 5.74) is 0. The van der Waals surface area contributed by atoms with Crippen LogP contribution in [-0.4, -0.2) is 19.2 Å². The summed E-state index contributed by atoms with van der Waals surface area (Å²) in [6.45, 7) is 7.32. The molecule has 0 heterocycles. The minimum absolute atomic E-state index is 0.0150. The second-order valence-corrected chi connectivity index (χ2v) is 6.61. The van der Waals surface area contributed by atoms with Gasteiger partial charge < -0.3 is 0 Å². The maximum absolute atomic E-state index is 12.1. The van der Waals surface area contributed by atoms with Crippen molar-refractivity contribution >= 4 is 10.0 Å². The molecule has 1 aliphatic rings. The lowest BCUT2D eigenvalue weighted by Gasteiger charge is -2.33. The van der Waals surface area contributed by atoms with Gasteiger partial charge in [0.05, 0.1) is 0 Å². The molecular weight excluding hydrogens is 210 g/mol. The Kier molecular flexibility index (Phi) is 3.41. The lowest BCUT2D eigenvalue weighted by Crippen LogP contribution is -2.49. The first kappa shape index (κ1) is 12.5. The summed E-state index contributed by atoms with van der Waals surface area (Å²) in [6.07, 6.45) is 7.35. The molecule has 2 unspecified atom stereocenters. The fourth-order valence-corrected chi connectivity index (χ4v) is 3.29. The van der Waals surface area contributed by atoms with E-state index < -0.39 is 14.8 Å². The molecule has 4 heteroatoms. The van der Waals surface area contributed by atoms with Crippen LogP contribution in [0.1, 0.15) is 27.7 Å². The van der Waals surface area contributed by atoms with E-state index in [1.165, 1.54) is 0 Å². The number of nitrogens with one attached hydrogen (secondary N) is 1. The first-order valence-corrected chi connectivity index (χ1v) is 6.66. The third kappa shape index (κ3) is 2.32. The zero-order chi connectivity index (χ0) is 11.7. The van der Waals surface area contributed by atoms with Crippen molar-refractivity contribution in [3.05, 3.63) is 24.3 Å². The topological polar surface area (TPSA) is 46.2 Å². The fraction of sp³-hybridized carbons (Fsp3) is 0.636. The van der Waals surface area contributed by atoms with E-state index in [9.17, 15) is 8.42 Å². The van der Waals surface area contributed by atoms with Gasteiger partial charge in [-0.1, -0.05) is 31.2 Å². The highest BCUT2D eigenvalue weighted by Crippen LogP contribution is 2.31. The third-order valence-electron chi connectivity index (χ3n) is 2.81. The van der Waals surface area contributed by atoms with Crippen molar-refractivity contribution in [1.29, 1.82) is 0 Å². The first-order chi connectivity index (χ1) is 6.79. The zero-order valence-electron chi connectivity index (χ0n) is 9.69. The van der Waals surface area contributed by atoms with Crippen LogP contribution in [0.15, 0.2) is 24.3 Å². The van der Waals surface area contributed by atoms with Gasteiger partial charge in [0.25, 0.3) is 0 Å². The van der Waals surface area contributed by atoms with Crippen LogP contribution in [0.2, 0.25) is 0 Å². The molecule has 1 rings (SSSR count). The van der Waals surface area contributed by atoms with E-state index in [1.807, 2.05) is 32.9 Å². The number of sulfonamides is 1. The Labute approximate surface area is 92.3 Å². The SMILES string of the molecule is CC(C)NS(=O)(=O)C1(C)C=CC=CC1C. The van der Waals surface area contributed by atoms with Gasteiger partial charge in [0.15, 0.2) is 0 Å². The van der Waals surface area contributed by atoms with E-state index in [4.69, 9.17) is 0 Å². The molecule has 15 heavy (non-hydrogen) atoms. The molecule has 0 spiro atoms. The molecule has 1 N–H and O–H groups in total. The summed E-state index contributed by atoms with van der Waals surface area (Å²) >= 11 is 0. The third-order valence-corrected chi connectivity index (χ3v) is 5.26. The second kappa shape index (κ2) is 4.10. The molecule has 0 saturated carbocycles. The van der Waals surface area contributed by atoms with Gasteiger partial charge in [-0.2, -0.15) is 0 Å². The lowest BCUT2D eigenvalue weighted by atomic mass is 9.91. The Morgan fingerprint density at radius 3 is 2.40 bits per heavy atom. The van der Waals surface area contributed by atoms with Crippen LogP contribution in [0.25, 0.3) is 0 Å². The van der Waals surface area contributed by atoms with Crippen molar-refractivity contribution in [2.75, 3.05) is 0 Å². The summed E-state index contributed by atoms with van der Waals surface area (Å²) in [5, 5.41) is 0. The molecule has 0 amide bonds. The molecule has 0 fully saturated rings. The highest BCUT2D eigenvalue weighted by Gasteiger charge is 2.41. The molecule has 0 aromatic heterocycles. The number of allylic oxidation sites excluding steroid dienone is 3. The molecule has 0 aromatic rings. The molecule has 3 nitrogen and oxygen atoms in total. The van der Waals surface area contributed by atoms with E-state index in [-0.39, 0.29) is 12.0 Å². The van der Waals surface area contributed by atoms with E-state index in [0.29, 0.717) is 0 Å². The largest absolute Gasteiger partial charge is 0.221 e. The van der Waals surface area contributed by atoms with E-state index in [1.54, 1.807) is 19.1 Å². The Balaban J connectivity index is 3.05. The summed E-state index contributed by atoms with van der Waals surface area (Å²) in [6, 6.07) is -0.0710. The highest BCUT2D eigenvalue weighted by atomic mass is 32.2. The van der Waals surface area contributed by atoms with Gasteiger partial charge in [-0.05, 0) is 26.7 Å². The van der Waals surface area contributed by atoms with E-state index in [2.05, 4.69) is 4.72 Å². The molecule has 0 saturated heterocycles. The maximum Gasteiger partial charge on any atom is 0.221 e. The van der Waals surface area contributed by atoms with E-state index >= 15 is 0 Å². The molecule has 1 aliphatic carbocycles. The molecule has 0 aromatic carbocycles. The molecule has 2 atom stereocenters. The van der Waals surface area contributed by atoms with Crippen LogP contribution >= 0.6 is 0 Å². The molecule has 0 bridgehead atoms. The highest BCUT2D eigenvalue weighted by molar-refractivity contribution is 7.91. The van der Waals surface area contributed by atoms with Gasteiger partial charge >= 0.3 is 0 Å². The minimum Gasteiger partial charge on any atom is -0.212 e. The average Bonchev–Trinajstić information content (AvgIpc) is 2.07. The van der Waals surface area contributed by atoms with Crippen LogP contribution in [0.5, 0.6) is 0 Å². The Bertz CT molecular complexity index is 381. The number of hydrogen-bond acceptors (Lipinski definition) is 2. The van der Waals surface area contributed by atoms with Crippen molar-refractivity contribution < 1.29 is 8.42 Å². The minimum atomic E-state index is -3.32. The zero-order valence-corrected chi connectivity index (χ0v) is 10.5. The standard InChI is InChI=1S/C11H19NO2S/c1-9(2)12-15(13,14)11(4)8-6-5-7-10(11)3/h5-10,12H,1-4H3. The number of rotatable bonds is 3. The van der Waals surface area contributed by atoms with Crippen LogP contribution in [-0.2, 0) is 10.0 Å². The van der Waals surface area contributed by atoms with Gasteiger partial charge in [0.2, 0.25) is 10.0 Å². The summed E-state index contributed by atoms with van der Waals surface area (Å²) in [7, 11) is -3.32. The average molecular weight is 229 g/mol. The van der Waals surface area contributed by atoms with Gasteiger partial charge in [0.1, 0.15) is 4.75 Å². The van der Waals surface area contributed by atoms with Gasteiger partial charge in [-0.3, -0.25) is 0 Å². The monoisotopic (exact) mass is 229 g/mol. The van der Waals surface area contributed by atoms with Crippen molar-refractivity contribution in [1.82, 2.24) is 4.72 Å². The van der Waals surface area contributed by atoms with Crippen molar-refractivity contribution in [3.8, 4) is 0 Å². The van der Waals surface area contributed by atoms with Crippen molar-refractivity contribution in [2.24, 2.45) is 5.92 Å². The predicted molar refractivity (Wildman–Crippen MR) is 63.0 cm³/mol. The molecular formula is C11H19NO2S. The van der Waals surface area contributed by atoms with Gasteiger partial charge in [-0.25, -0.2) is 13.1 Å². The smallest absolute Gasteiger partial charge is 0.212 e. The lowest BCUT2D eigenvalue weighted by molar-refractivity contribution is 0.495. The quantitative estimate of drug-likeness (QED) is 0.802. The van der Waals surface area contributed by atoms with Crippen LogP contribution in [0.4, 0.5) is 0 Å². The van der Waals surface area contributed by atoms with Crippen molar-refractivity contribution in [2.45, 2.75) is 38.5 Å². The molecule has 0 radical (unpaired) electrons. The Morgan fingerprint density at radius 1 is 1.33 bits per heavy atom. The van der Waals surface area contributed by atoms with E-state index in [0.717, 1.165) is 0 Å². The fourth-order valence-electron chi connectivity index (χ4n) is 1.59. The number of hydrogen-bond donors (Lipinski definition) is 1. The van der Waals surface area contributed by atoms with Gasteiger partial charge in [0, 0.05) is 6.04 Å². The molecule has 86 valence electrons. The Hall–Kier alpha value is -0.610. The summed E-state index contributed by atoms with van der Waals surface area (Å²) in [5.74, 6) is -0.0150. The van der Waals surface area contributed by atoms with Crippen LogP contribution in [0.3, 0.4) is 0 Å². The predicted octanol–water partition coefficient (Wildman–Crippen LogP) is 1.84. The maximum atomic E-state index is 12.1. The normalized spacial score (nSPS) is 31.1. The summed E-state index contributed by atoms with van der Waals surface area (Å²) in [4.78, 5) is 0. The van der Waals surface area contributed by atoms with Crippen LogP contribution < -0.4 is 4.72 Å². The molecule has 0 aliphatic heterocycles. The van der Waals surface area contributed by atoms with Crippen LogP contribution in [0, 0.1) is 5.92 Å². The van der Waals surface area contributed by atoms with Crippen molar-refractivity contribution in [3.63, 3.8) is 0 Å². The Morgan fingerprint density at radius 2 is 1.93 bits per heavy atom.